The molecule has 0 saturated heterocycles. The monoisotopic (exact) mass is 340 g/mol. The van der Waals surface area contributed by atoms with E-state index in [4.69, 9.17) is 6.42 Å². The summed E-state index contributed by atoms with van der Waals surface area (Å²) < 4.78 is 23.6. The Morgan fingerprint density at radius 2 is 1.96 bits per heavy atom. The number of rotatable bonds is 2. The van der Waals surface area contributed by atoms with Gasteiger partial charge in [0.2, 0.25) is 5.91 Å². The first kappa shape index (κ1) is 16.1. The molecular weight excluding hydrogens is 324 g/mol. The molecule has 3 rings (SSSR count). The summed E-state index contributed by atoms with van der Waals surface area (Å²) in [5, 5.41) is 6.02. The van der Waals surface area contributed by atoms with Crippen LogP contribution in [-0.2, 0) is 14.6 Å². The Kier molecular flexibility index (Phi) is 4.04. The molecule has 0 aliphatic carbocycles. The number of benzene rings is 2. The molecule has 0 fully saturated rings. The zero-order valence-corrected chi connectivity index (χ0v) is 13.9. The summed E-state index contributed by atoms with van der Waals surface area (Å²) in [6.07, 6.45) is 6.84. The van der Waals surface area contributed by atoms with Gasteiger partial charge in [-0.25, -0.2) is 8.42 Å². The Hall–Kier alpha value is -2.78. The molecule has 6 heteroatoms. The second-order valence-electron chi connectivity index (χ2n) is 5.64. The number of para-hydroxylation sites is 1. The van der Waals surface area contributed by atoms with Crippen molar-refractivity contribution in [3.05, 3.63) is 42.5 Å². The van der Waals surface area contributed by atoms with Crippen LogP contribution in [0.5, 0.6) is 0 Å². The van der Waals surface area contributed by atoms with Crippen molar-refractivity contribution in [1.29, 1.82) is 0 Å². The maximum absolute atomic E-state index is 11.9. The van der Waals surface area contributed by atoms with Gasteiger partial charge in [0.05, 0.1) is 28.7 Å². The largest absolute Gasteiger partial charge is 0.369 e. The fourth-order valence-electron chi connectivity index (χ4n) is 2.66. The predicted molar refractivity (Wildman–Crippen MR) is 94.5 cm³/mol. The minimum absolute atomic E-state index is 0.161. The molecule has 1 atom stereocenters. The third kappa shape index (κ3) is 3.12. The van der Waals surface area contributed by atoms with Crippen molar-refractivity contribution >= 4 is 27.1 Å². The van der Waals surface area contributed by atoms with E-state index in [2.05, 4.69) is 16.6 Å². The SMILES string of the molecule is C#C[C@@H]1CC(=O)Nc2cccc(-c3cccc(S(C)(=O)=O)c3)c2N1. The van der Waals surface area contributed by atoms with Crippen molar-refractivity contribution in [3.63, 3.8) is 0 Å². The standard InChI is InChI=1S/C18H16N2O3S/c1-3-13-11-17(21)20-16-9-5-8-15(18(16)19-13)12-6-4-7-14(10-12)24(2,22)23/h1,4-10,13,19H,11H2,2H3,(H,20,21)/t13-/m1/s1. The van der Waals surface area contributed by atoms with Crippen molar-refractivity contribution in [2.45, 2.75) is 17.4 Å². The lowest BCUT2D eigenvalue weighted by Gasteiger charge is -2.16. The molecule has 122 valence electrons. The van der Waals surface area contributed by atoms with E-state index in [1.165, 1.54) is 6.26 Å². The van der Waals surface area contributed by atoms with Gasteiger partial charge in [-0.15, -0.1) is 6.42 Å². The molecule has 2 aromatic rings. The van der Waals surface area contributed by atoms with Crippen LogP contribution in [0.3, 0.4) is 0 Å². The number of fused-ring (bicyclic) bond motifs is 1. The number of amides is 1. The third-order valence-corrected chi connectivity index (χ3v) is 4.93. The van der Waals surface area contributed by atoms with Crippen LogP contribution in [0.4, 0.5) is 11.4 Å². The second-order valence-corrected chi connectivity index (χ2v) is 7.66. The van der Waals surface area contributed by atoms with Gasteiger partial charge in [-0.2, -0.15) is 0 Å². The number of anilines is 2. The van der Waals surface area contributed by atoms with Crippen LogP contribution in [-0.4, -0.2) is 26.6 Å². The van der Waals surface area contributed by atoms with E-state index < -0.39 is 15.9 Å². The Balaban J connectivity index is 2.16. The van der Waals surface area contributed by atoms with E-state index in [-0.39, 0.29) is 17.2 Å². The van der Waals surface area contributed by atoms with Gasteiger partial charge in [0.25, 0.3) is 0 Å². The average Bonchev–Trinajstić information content (AvgIpc) is 2.71. The van der Waals surface area contributed by atoms with Gasteiger partial charge < -0.3 is 10.6 Å². The Morgan fingerprint density at radius 1 is 1.21 bits per heavy atom. The second kappa shape index (κ2) is 6.02. The van der Waals surface area contributed by atoms with Crippen molar-refractivity contribution in [1.82, 2.24) is 0 Å². The van der Waals surface area contributed by atoms with E-state index >= 15 is 0 Å². The molecule has 2 N–H and O–H groups in total. The van der Waals surface area contributed by atoms with E-state index in [1.54, 1.807) is 30.3 Å². The minimum Gasteiger partial charge on any atom is -0.369 e. The first-order chi connectivity index (χ1) is 11.4. The quantitative estimate of drug-likeness (QED) is 0.824. The highest BCUT2D eigenvalue weighted by atomic mass is 32.2. The third-order valence-electron chi connectivity index (χ3n) is 3.82. The number of carbonyl (C=O) groups is 1. The number of hydrogen-bond acceptors (Lipinski definition) is 4. The minimum atomic E-state index is -3.31. The maximum atomic E-state index is 11.9. The molecule has 1 aliphatic heterocycles. The van der Waals surface area contributed by atoms with Gasteiger partial charge in [0, 0.05) is 11.8 Å². The highest BCUT2D eigenvalue weighted by molar-refractivity contribution is 7.90. The van der Waals surface area contributed by atoms with Crippen molar-refractivity contribution in [3.8, 4) is 23.5 Å². The fourth-order valence-corrected chi connectivity index (χ4v) is 3.33. The van der Waals surface area contributed by atoms with E-state index in [0.29, 0.717) is 11.4 Å². The summed E-state index contributed by atoms with van der Waals surface area (Å²) in [7, 11) is -3.31. The molecule has 0 aromatic heterocycles. The van der Waals surface area contributed by atoms with Crippen LogP contribution in [0.2, 0.25) is 0 Å². The van der Waals surface area contributed by atoms with Gasteiger partial charge in [-0.1, -0.05) is 30.2 Å². The Labute approximate surface area is 141 Å². The summed E-state index contributed by atoms with van der Waals surface area (Å²) in [6, 6.07) is 11.7. The average molecular weight is 340 g/mol. The number of sulfone groups is 1. The molecule has 5 nitrogen and oxygen atoms in total. The lowest BCUT2D eigenvalue weighted by Crippen LogP contribution is -2.20. The highest BCUT2D eigenvalue weighted by Gasteiger charge is 2.22. The van der Waals surface area contributed by atoms with Crippen molar-refractivity contribution < 1.29 is 13.2 Å². The summed E-state index contributed by atoms with van der Waals surface area (Å²) >= 11 is 0. The fraction of sp³-hybridized carbons (Fsp3) is 0.167. The van der Waals surface area contributed by atoms with Gasteiger partial charge >= 0.3 is 0 Å². The Morgan fingerprint density at radius 3 is 2.67 bits per heavy atom. The molecule has 0 unspecified atom stereocenters. The summed E-state index contributed by atoms with van der Waals surface area (Å²) in [5.41, 5.74) is 2.83. The molecule has 1 aliphatic rings. The first-order valence-corrected chi connectivity index (χ1v) is 9.23. The zero-order valence-electron chi connectivity index (χ0n) is 13.0. The number of carbonyl (C=O) groups excluding carboxylic acids is 1. The van der Waals surface area contributed by atoms with Gasteiger partial charge in [-0.3, -0.25) is 4.79 Å². The Bertz CT molecular complexity index is 958. The maximum Gasteiger partial charge on any atom is 0.227 e. The van der Waals surface area contributed by atoms with E-state index in [1.807, 2.05) is 12.1 Å². The van der Waals surface area contributed by atoms with Crippen LogP contribution in [0.25, 0.3) is 11.1 Å². The summed E-state index contributed by atoms with van der Waals surface area (Å²) in [4.78, 5) is 12.2. The molecule has 0 saturated carbocycles. The van der Waals surface area contributed by atoms with E-state index in [0.717, 1.165) is 11.1 Å². The van der Waals surface area contributed by atoms with E-state index in [9.17, 15) is 13.2 Å². The van der Waals surface area contributed by atoms with Crippen LogP contribution in [0.15, 0.2) is 47.4 Å². The van der Waals surface area contributed by atoms with Crippen molar-refractivity contribution in [2.24, 2.45) is 0 Å². The summed E-state index contributed by atoms with van der Waals surface area (Å²) in [5.74, 6) is 2.40. The van der Waals surface area contributed by atoms with Crippen LogP contribution < -0.4 is 10.6 Å². The predicted octanol–water partition coefficient (Wildman–Crippen LogP) is 2.51. The van der Waals surface area contributed by atoms with Crippen LogP contribution in [0, 0.1) is 12.3 Å². The molecule has 1 heterocycles. The number of hydrogen-bond donors (Lipinski definition) is 2. The van der Waals surface area contributed by atoms with Gasteiger partial charge in [-0.05, 0) is 23.8 Å². The molecule has 24 heavy (non-hydrogen) atoms. The lowest BCUT2D eigenvalue weighted by molar-refractivity contribution is -0.116. The molecule has 0 bridgehead atoms. The molecule has 1 amide bonds. The normalized spacial score (nSPS) is 17.0. The molecular formula is C18H16N2O3S. The zero-order chi connectivity index (χ0) is 17.3. The lowest BCUT2D eigenvalue weighted by atomic mass is 10.0. The van der Waals surface area contributed by atoms with Gasteiger partial charge in [0.1, 0.15) is 0 Å². The first-order valence-electron chi connectivity index (χ1n) is 7.34. The summed E-state index contributed by atoms with van der Waals surface area (Å²) in [6.45, 7) is 0. The van der Waals surface area contributed by atoms with Gasteiger partial charge in [0.15, 0.2) is 9.84 Å². The number of nitrogens with one attached hydrogen (secondary N) is 2. The smallest absolute Gasteiger partial charge is 0.227 e. The molecule has 0 spiro atoms. The molecule has 2 aromatic carbocycles. The van der Waals surface area contributed by atoms with Crippen LogP contribution in [0.1, 0.15) is 6.42 Å². The topological polar surface area (TPSA) is 75.3 Å². The highest BCUT2D eigenvalue weighted by Crippen LogP contribution is 2.37. The van der Waals surface area contributed by atoms with Crippen molar-refractivity contribution in [2.75, 3.05) is 16.9 Å². The molecule has 0 radical (unpaired) electrons. The number of terminal acetylenes is 1. The van der Waals surface area contributed by atoms with Crippen LogP contribution >= 0.6 is 0 Å².